The molecule has 0 saturated carbocycles. The van der Waals surface area contributed by atoms with E-state index in [4.69, 9.17) is 5.73 Å². The normalized spacial score (nSPS) is 28.4. The van der Waals surface area contributed by atoms with Crippen LogP contribution in [0.2, 0.25) is 0 Å². The average Bonchev–Trinajstić information content (AvgIpc) is 3.87. The zero-order valence-corrected chi connectivity index (χ0v) is 33.0. The number of hydrogen-bond donors (Lipinski definition) is 7. The molecule has 8 amide bonds. The van der Waals surface area contributed by atoms with E-state index in [9.17, 15) is 43.5 Å². The molecule has 0 spiro atoms. The Morgan fingerprint density at radius 2 is 1.23 bits per heavy atom. The molecule has 9 atom stereocenters. The van der Waals surface area contributed by atoms with Gasteiger partial charge in [0.25, 0.3) is 0 Å². The SMILES string of the molecule is CCC(C)C1NC(=O)C(C)NC(=O)C2CCCN2C(=O)C(Cc2ccc(O)cc2)NC(=O)C2CCCN2C(=O)C(C(C)CC)NC(=O)C(CCC(N)=O)NC1=O. The lowest BCUT2D eigenvalue weighted by atomic mass is 9.95. The van der Waals surface area contributed by atoms with E-state index in [2.05, 4.69) is 26.6 Å². The summed E-state index contributed by atoms with van der Waals surface area (Å²) in [6.07, 6.45) is 2.05. The largest absolute Gasteiger partial charge is 0.508 e. The summed E-state index contributed by atoms with van der Waals surface area (Å²) in [5.74, 6) is -5.90. The Hall–Kier alpha value is -5.22. The van der Waals surface area contributed by atoms with Gasteiger partial charge in [-0.1, -0.05) is 52.7 Å². The van der Waals surface area contributed by atoms with Crippen molar-refractivity contribution < 1.29 is 43.5 Å². The topological polar surface area (TPSA) is 249 Å². The van der Waals surface area contributed by atoms with Crippen LogP contribution in [0.25, 0.3) is 0 Å². The van der Waals surface area contributed by atoms with Gasteiger partial charge < -0.3 is 47.2 Å². The Labute approximate surface area is 327 Å². The summed E-state index contributed by atoms with van der Waals surface area (Å²) in [7, 11) is 0. The van der Waals surface area contributed by atoms with Gasteiger partial charge in [-0.15, -0.1) is 0 Å². The number of amides is 8. The Balaban J connectivity index is 1.77. The number of primary amides is 1. The van der Waals surface area contributed by atoms with E-state index in [0.717, 1.165) is 0 Å². The lowest BCUT2D eigenvalue weighted by Gasteiger charge is -2.33. The highest BCUT2D eigenvalue weighted by Gasteiger charge is 2.43. The molecule has 308 valence electrons. The van der Waals surface area contributed by atoms with Crippen LogP contribution < -0.4 is 32.3 Å². The molecular formula is C39H58N8O9. The number of carbonyl (C=O) groups excluding carboxylic acids is 8. The predicted molar refractivity (Wildman–Crippen MR) is 204 cm³/mol. The highest BCUT2D eigenvalue weighted by atomic mass is 16.3. The molecule has 8 N–H and O–H groups in total. The van der Waals surface area contributed by atoms with Gasteiger partial charge in [-0.2, -0.15) is 0 Å². The number of rotatable bonds is 9. The maximum atomic E-state index is 14.4. The number of hydrogen-bond acceptors (Lipinski definition) is 9. The first kappa shape index (κ1) is 43.5. The van der Waals surface area contributed by atoms with Crippen LogP contribution in [0.15, 0.2) is 24.3 Å². The predicted octanol–water partition coefficient (Wildman–Crippen LogP) is -0.268. The Kier molecular flexibility index (Phi) is 15.2. The number of fused-ring (bicyclic) bond motifs is 2. The third-order valence-corrected chi connectivity index (χ3v) is 11.3. The van der Waals surface area contributed by atoms with Gasteiger partial charge in [0.05, 0.1) is 0 Å². The molecule has 56 heavy (non-hydrogen) atoms. The number of carbonyl (C=O) groups is 8. The third-order valence-electron chi connectivity index (χ3n) is 11.3. The number of aromatic hydroxyl groups is 1. The Morgan fingerprint density at radius 3 is 1.80 bits per heavy atom. The number of nitrogens with two attached hydrogens (primary N) is 1. The third kappa shape index (κ3) is 10.8. The summed E-state index contributed by atoms with van der Waals surface area (Å²) < 4.78 is 0. The molecule has 17 nitrogen and oxygen atoms in total. The van der Waals surface area contributed by atoms with Crippen molar-refractivity contribution in [2.45, 2.75) is 135 Å². The smallest absolute Gasteiger partial charge is 0.246 e. The minimum atomic E-state index is -1.32. The molecule has 0 aliphatic carbocycles. The van der Waals surface area contributed by atoms with Crippen LogP contribution in [0.1, 0.15) is 91.5 Å². The van der Waals surface area contributed by atoms with E-state index >= 15 is 0 Å². The molecule has 0 bridgehead atoms. The van der Waals surface area contributed by atoms with Gasteiger partial charge in [0.2, 0.25) is 47.3 Å². The molecule has 1 aromatic rings. The molecule has 3 saturated heterocycles. The van der Waals surface area contributed by atoms with Crippen LogP contribution in [0.5, 0.6) is 5.75 Å². The fourth-order valence-electron chi connectivity index (χ4n) is 7.43. The van der Waals surface area contributed by atoms with Crippen molar-refractivity contribution in [3.63, 3.8) is 0 Å². The molecule has 4 rings (SSSR count). The first-order valence-electron chi connectivity index (χ1n) is 19.7. The second-order valence-electron chi connectivity index (χ2n) is 15.4. The Morgan fingerprint density at radius 1 is 0.714 bits per heavy atom. The van der Waals surface area contributed by atoms with Crippen LogP contribution in [0.4, 0.5) is 0 Å². The second-order valence-corrected chi connectivity index (χ2v) is 15.4. The van der Waals surface area contributed by atoms with Gasteiger partial charge in [0.15, 0.2) is 0 Å². The number of nitrogens with zero attached hydrogens (tertiary/aromatic N) is 2. The van der Waals surface area contributed by atoms with E-state index in [0.29, 0.717) is 44.1 Å². The minimum absolute atomic E-state index is 0.0170. The molecule has 3 heterocycles. The van der Waals surface area contributed by atoms with E-state index in [1.54, 1.807) is 26.0 Å². The highest BCUT2D eigenvalue weighted by Crippen LogP contribution is 2.24. The number of phenolic OH excluding ortho intramolecular Hbond substituents is 1. The standard InChI is InChI=1S/C39H58N8O9/c1-6-21(3)31-37(54)42-26(16-17-30(40)49)34(51)45-32(22(4)7-2)39(56)47-19-9-11-29(47)36(53)43-27(20-24-12-14-25(48)15-13-24)38(55)46-18-8-10-28(46)35(52)41-23(5)33(50)44-31/h12-15,21-23,26-29,31-32,48H,6-11,16-20H2,1-5H3,(H2,40,49)(H,41,52)(H,42,54)(H,43,53)(H,44,50)(H,45,51). The van der Waals surface area contributed by atoms with Crippen LogP contribution in [-0.4, -0.2) is 118 Å². The summed E-state index contributed by atoms with van der Waals surface area (Å²) >= 11 is 0. The van der Waals surface area contributed by atoms with E-state index in [1.165, 1.54) is 28.9 Å². The second kappa shape index (κ2) is 19.6. The van der Waals surface area contributed by atoms with Crippen LogP contribution >= 0.6 is 0 Å². The molecule has 3 aliphatic rings. The number of phenols is 1. The van der Waals surface area contributed by atoms with Gasteiger partial charge in [-0.05, 0) is 68.6 Å². The molecular weight excluding hydrogens is 724 g/mol. The fourth-order valence-corrected chi connectivity index (χ4v) is 7.43. The van der Waals surface area contributed by atoms with Crippen LogP contribution in [0, 0.1) is 11.8 Å². The monoisotopic (exact) mass is 782 g/mol. The van der Waals surface area contributed by atoms with Crippen molar-refractivity contribution in [1.82, 2.24) is 36.4 Å². The quantitative estimate of drug-likeness (QED) is 0.174. The van der Waals surface area contributed by atoms with Crippen LogP contribution in [0.3, 0.4) is 0 Å². The minimum Gasteiger partial charge on any atom is -0.508 e. The summed E-state index contributed by atoms with van der Waals surface area (Å²) in [5, 5.41) is 23.6. The number of nitrogens with one attached hydrogen (secondary N) is 5. The zero-order chi connectivity index (χ0) is 41.3. The lowest BCUT2D eigenvalue weighted by molar-refractivity contribution is -0.145. The Bertz CT molecular complexity index is 1640. The van der Waals surface area contributed by atoms with Crippen molar-refractivity contribution in [1.29, 1.82) is 0 Å². The van der Waals surface area contributed by atoms with Gasteiger partial charge in [-0.25, -0.2) is 0 Å². The van der Waals surface area contributed by atoms with Crippen molar-refractivity contribution in [3.8, 4) is 5.75 Å². The summed E-state index contributed by atoms with van der Waals surface area (Å²) in [4.78, 5) is 113. The molecule has 0 aromatic heterocycles. The zero-order valence-electron chi connectivity index (χ0n) is 33.0. The molecule has 3 fully saturated rings. The molecule has 1 aromatic carbocycles. The fraction of sp³-hybridized carbons (Fsp3) is 0.641. The van der Waals surface area contributed by atoms with E-state index in [1.807, 2.05) is 13.8 Å². The lowest BCUT2D eigenvalue weighted by Crippen LogP contribution is -2.61. The van der Waals surface area contributed by atoms with Crippen LogP contribution in [-0.2, 0) is 44.8 Å². The number of benzene rings is 1. The van der Waals surface area contributed by atoms with Gasteiger partial charge in [0.1, 0.15) is 48.0 Å². The highest BCUT2D eigenvalue weighted by molar-refractivity contribution is 5.99. The van der Waals surface area contributed by atoms with E-state index in [-0.39, 0.29) is 38.1 Å². The molecule has 17 heteroatoms. The first-order chi connectivity index (χ1) is 26.6. The maximum absolute atomic E-state index is 14.4. The molecule has 9 unspecified atom stereocenters. The van der Waals surface area contributed by atoms with Gasteiger partial charge >= 0.3 is 0 Å². The summed E-state index contributed by atoms with van der Waals surface area (Å²) in [6, 6.07) is -1.64. The average molecular weight is 783 g/mol. The van der Waals surface area contributed by atoms with Crippen molar-refractivity contribution in [2.75, 3.05) is 13.1 Å². The summed E-state index contributed by atoms with van der Waals surface area (Å²) in [6.45, 7) is 9.06. The van der Waals surface area contributed by atoms with Gasteiger partial charge in [-0.3, -0.25) is 38.4 Å². The van der Waals surface area contributed by atoms with Crippen molar-refractivity contribution in [2.24, 2.45) is 17.6 Å². The van der Waals surface area contributed by atoms with Crippen molar-refractivity contribution in [3.05, 3.63) is 29.8 Å². The first-order valence-corrected chi connectivity index (χ1v) is 19.7. The van der Waals surface area contributed by atoms with Crippen molar-refractivity contribution >= 4 is 47.3 Å². The molecule has 3 aliphatic heterocycles. The molecule has 0 radical (unpaired) electrons. The summed E-state index contributed by atoms with van der Waals surface area (Å²) in [5.41, 5.74) is 6.04. The van der Waals surface area contributed by atoms with E-state index < -0.39 is 101 Å². The van der Waals surface area contributed by atoms with Gasteiger partial charge in [0, 0.05) is 25.9 Å². The maximum Gasteiger partial charge on any atom is 0.246 e.